The normalized spacial score (nSPS) is 9.56. The second kappa shape index (κ2) is 50.2. The van der Waals surface area contributed by atoms with E-state index in [0.29, 0.717) is 26.7 Å². The standard InChI is InChI=1S/C10H17FN2O3.C9H18FNO2.C3H3F5O2.C3H5F3O.6CH4/c11-5-8-16-10(15)13-7-4-2-1-3-6-12-9-14;1-2-3-4-5-6-7-11-9(12)13-8-10;1-9-2(4,5)3(6,7)10-8;1-7-3(5,6)2-4;;;;;;/h1-8H2,(H,13,15);2-8H2,1H3,(H,11,12);1H3;2H2,1H3;6*1H4. The van der Waals surface area contributed by atoms with Gasteiger partial charge in [0.05, 0.1) is 6.54 Å². The van der Waals surface area contributed by atoms with E-state index in [0.717, 1.165) is 45.6 Å². The molecule has 0 saturated carbocycles. The average molecular weight is 800 g/mol. The third-order valence-corrected chi connectivity index (χ3v) is 4.72. The molecule has 324 valence electrons. The number of aliphatic imine (C=N–C) groups is 1. The third kappa shape index (κ3) is 53.9. The molecule has 0 aromatic rings. The monoisotopic (exact) mass is 799 g/mol. The highest BCUT2D eigenvalue weighted by Gasteiger charge is 2.60. The van der Waals surface area contributed by atoms with Crippen molar-refractivity contribution in [3.8, 4) is 0 Å². The first-order chi connectivity index (χ1) is 21.6. The van der Waals surface area contributed by atoms with E-state index in [9.17, 15) is 58.4 Å². The van der Waals surface area contributed by atoms with Crippen LogP contribution in [0, 0.1) is 0 Å². The molecule has 2 N–H and O–H groups in total. The van der Waals surface area contributed by atoms with E-state index in [1.165, 1.54) is 25.3 Å². The summed E-state index contributed by atoms with van der Waals surface area (Å²) < 4.78 is 128. The zero-order valence-electron chi connectivity index (χ0n) is 25.8. The van der Waals surface area contributed by atoms with Crippen molar-refractivity contribution in [2.24, 2.45) is 4.99 Å². The fourth-order valence-electron chi connectivity index (χ4n) is 2.33. The highest BCUT2D eigenvalue weighted by atomic mass is 19.4. The lowest BCUT2D eigenvalue weighted by molar-refractivity contribution is -0.476. The van der Waals surface area contributed by atoms with Crippen LogP contribution in [0.3, 0.4) is 0 Å². The summed E-state index contributed by atoms with van der Waals surface area (Å²) in [7, 11) is 1.05. The molecule has 0 radical (unpaired) electrons. The molecule has 0 fully saturated rings. The number of amides is 2. The van der Waals surface area contributed by atoms with Crippen LogP contribution in [0.25, 0.3) is 0 Å². The third-order valence-electron chi connectivity index (χ3n) is 4.72. The summed E-state index contributed by atoms with van der Waals surface area (Å²) in [6.07, 6.45) is -4.30. The van der Waals surface area contributed by atoms with Crippen molar-refractivity contribution in [1.82, 2.24) is 10.6 Å². The predicted octanol–water partition coefficient (Wildman–Crippen LogP) is 10.9. The Morgan fingerprint density at radius 3 is 1.42 bits per heavy atom. The topological polar surface area (TPSA) is 134 Å². The second-order valence-electron chi connectivity index (χ2n) is 8.31. The van der Waals surface area contributed by atoms with Gasteiger partial charge in [-0.25, -0.2) is 32.5 Å². The number of ether oxygens (including phenoxy) is 4. The number of methoxy groups -OCH3 is 2. The summed E-state index contributed by atoms with van der Waals surface area (Å²) in [5.74, 6) is 0. The Balaban J connectivity index is -0.0000000563. The van der Waals surface area contributed by atoms with Crippen LogP contribution in [0.1, 0.15) is 109 Å². The second-order valence-corrected chi connectivity index (χ2v) is 8.31. The van der Waals surface area contributed by atoms with Crippen molar-refractivity contribution >= 4 is 18.3 Å². The molecule has 11 nitrogen and oxygen atoms in total. The molecular weight excluding hydrogens is 732 g/mol. The zero-order chi connectivity index (χ0) is 36.3. The van der Waals surface area contributed by atoms with Gasteiger partial charge in [-0.1, -0.05) is 90.0 Å². The van der Waals surface area contributed by atoms with Crippen LogP contribution in [0.4, 0.5) is 53.6 Å². The number of isocyanates is 1. The van der Waals surface area contributed by atoms with E-state index in [-0.39, 0.29) is 51.2 Å². The molecule has 2 amide bonds. The number of carbonyl (C=O) groups excluding carboxylic acids is 3. The smallest absolute Gasteiger partial charge is 0.447 e. The van der Waals surface area contributed by atoms with E-state index < -0.39 is 50.7 Å². The number of unbranched alkanes of at least 4 members (excludes halogenated alkanes) is 7. The molecular formula is C31H67F10N3O8. The zero-order valence-corrected chi connectivity index (χ0v) is 25.8. The van der Waals surface area contributed by atoms with Crippen molar-refractivity contribution < 1.29 is 82.3 Å². The average Bonchev–Trinajstić information content (AvgIpc) is 3.03. The molecule has 0 spiro atoms. The molecule has 0 aromatic heterocycles. The lowest BCUT2D eigenvalue weighted by atomic mass is 10.1. The number of alkyl halides is 9. The lowest BCUT2D eigenvalue weighted by Crippen LogP contribution is -2.42. The molecule has 0 unspecified atom stereocenters. The van der Waals surface area contributed by atoms with Gasteiger partial charge in [-0.05, 0) is 23.8 Å². The molecule has 0 saturated heterocycles. The minimum Gasteiger partial charge on any atom is -0.447 e. The van der Waals surface area contributed by atoms with Crippen LogP contribution in [0.2, 0.25) is 0 Å². The minimum absolute atomic E-state index is 0. The van der Waals surface area contributed by atoms with Crippen LogP contribution in [0.15, 0.2) is 4.99 Å². The Labute approximate surface area is 304 Å². The fourth-order valence-corrected chi connectivity index (χ4v) is 2.33. The molecule has 0 aromatic carbocycles. The number of hydrogen-bond donors (Lipinski definition) is 2. The first-order valence-corrected chi connectivity index (χ1v) is 13.7. The van der Waals surface area contributed by atoms with Crippen molar-refractivity contribution in [1.29, 1.82) is 0 Å². The number of nitrogens with one attached hydrogen (secondary N) is 2. The predicted molar refractivity (Wildman–Crippen MR) is 183 cm³/mol. The van der Waals surface area contributed by atoms with Crippen molar-refractivity contribution in [3.05, 3.63) is 0 Å². The molecule has 0 aliphatic carbocycles. The van der Waals surface area contributed by atoms with Gasteiger partial charge < -0.3 is 29.6 Å². The maximum Gasteiger partial charge on any atom is 0.478 e. The van der Waals surface area contributed by atoms with Crippen LogP contribution in [-0.2, 0) is 28.7 Å². The van der Waals surface area contributed by atoms with E-state index in [1.54, 1.807) is 4.94 Å². The summed E-state index contributed by atoms with van der Waals surface area (Å²) in [5.41, 5.74) is 0. The van der Waals surface area contributed by atoms with Crippen LogP contribution >= 0.6 is 0 Å². The van der Waals surface area contributed by atoms with Crippen LogP contribution in [-0.4, -0.2) is 97.3 Å². The van der Waals surface area contributed by atoms with Crippen molar-refractivity contribution in [2.45, 2.75) is 128 Å². The van der Waals surface area contributed by atoms with E-state index in [1.807, 2.05) is 0 Å². The number of alkyl carbamates (subject to hydrolysis) is 2. The first kappa shape index (κ1) is 74.3. The fraction of sp³-hybridized carbons (Fsp3) is 0.903. The van der Waals surface area contributed by atoms with Gasteiger partial charge in [0.1, 0.15) is 13.3 Å². The van der Waals surface area contributed by atoms with Gasteiger partial charge in [0.25, 0.3) is 0 Å². The summed E-state index contributed by atoms with van der Waals surface area (Å²) >= 11 is 0. The van der Waals surface area contributed by atoms with Gasteiger partial charge in [0.2, 0.25) is 12.9 Å². The summed E-state index contributed by atoms with van der Waals surface area (Å²) in [5, 5.41) is 4.97. The van der Waals surface area contributed by atoms with Gasteiger partial charge >= 0.3 is 30.5 Å². The Kier molecular flexibility index (Phi) is 71.7. The number of nitrogens with zero attached hydrogens (tertiary/aromatic N) is 1. The van der Waals surface area contributed by atoms with E-state index in [4.69, 9.17) is 0 Å². The largest absolute Gasteiger partial charge is 0.478 e. The summed E-state index contributed by atoms with van der Waals surface area (Å²) in [4.78, 5) is 36.2. The van der Waals surface area contributed by atoms with Gasteiger partial charge in [-0.3, -0.25) is 0 Å². The lowest BCUT2D eigenvalue weighted by Gasteiger charge is -2.19. The maximum atomic E-state index is 11.6. The number of carbonyl (C=O) groups is 2. The SMILES string of the molecule is C.C.C.C.C.C.CCCCCCCNC(=O)OCF.COC(F)(F)C(F)(F)OF.COC(F)(F)CF.O=C=NCCCCCCNC(=O)OCCF. The highest BCUT2D eigenvalue weighted by Crippen LogP contribution is 2.35. The van der Waals surface area contributed by atoms with Gasteiger partial charge in [-0.15, -0.1) is 4.94 Å². The minimum atomic E-state index is -5.23. The van der Waals surface area contributed by atoms with Crippen molar-refractivity contribution in [3.63, 3.8) is 0 Å². The maximum absolute atomic E-state index is 11.6. The summed E-state index contributed by atoms with van der Waals surface area (Å²) in [6.45, 7) is 0.0717. The quantitative estimate of drug-likeness (QED) is 0.0507. The first-order valence-electron chi connectivity index (χ1n) is 13.7. The number of halogens is 10. The van der Waals surface area contributed by atoms with Crippen molar-refractivity contribution in [2.75, 3.05) is 60.7 Å². The number of rotatable bonds is 21. The molecule has 0 atom stereocenters. The molecule has 0 heterocycles. The van der Waals surface area contributed by atoms with Crippen LogP contribution < -0.4 is 10.6 Å². The molecule has 0 aliphatic heterocycles. The Hall–Kier alpha value is -2.90. The van der Waals surface area contributed by atoms with Gasteiger partial charge in [-0.2, -0.15) is 26.3 Å². The molecule has 0 bridgehead atoms. The highest BCUT2D eigenvalue weighted by molar-refractivity contribution is 5.67. The van der Waals surface area contributed by atoms with Gasteiger partial charge in [0.15, 0.2) is 6.67 Å². The molecule has 21 heteroatoms. The van der Waals surface area contributed by atoms with Crippen LogP contribution in [0.5, 0.6) is 0 Å². The summed E-state index contributed by atoms with van der Waals surface area (Å²) in [6, 6.07) is 0. The molecule has 0 rings (SSSR count). The van der Waals surface area contributed by atoms with E-state index in [2.05, 4.69) is 41.5 Å². The molecule has 52 heavy (non-hydrogen) atoms. The Bertz CT molecular complexity index is 754. The Morgan fingerprint density at radius 1 is 0.673 bits per heavy atom. The Morgan fingerprint density at radius 2 is 1.12 bits per heavy atom. The number of hydrogen-bond acceptors (Lipinski definition) is 9. The van der Waals surface area contributed by atoms with Gasteiger partial charge in [0, 0.05) is 27.3 Å². The van der Waals surface area contributed by atoms with E-state index >= 15 is 0 Å². The molecule has 0 aliphatic rings.